The van der Waals surface area contributed by atoms with Crippen molar-refractivity contribution in [3.8, 4) is 0 Å². The second-order valence-electron chi connectivity index (χ2n) is 4.60. The summed E-state index contributed by atoms with van der Waals surface area (Å²) in [5.41, 5.74) is 3.78. The highest BCUT2D eigenvalue weighted by Crippen LogP contribution is 2.21. The molecule has 0 bridgehead atoms. The molecule has 0 heterocycles. The molecule has 0 saturated carbocycles. The largest absolute Gasteiger partial charge is 0.392 e. The summed E-state index contributed by atoms with van der Waals surface area (Å²) >= 11 is 0. The Morgan fingerprint density at radius 2 is 1.94 bits per heavy atom. The second kappa shape index (κ2) is 6.49. The van der Waals surface area contributed by atoms with Crippen LogP contribution >= 0.6 is 0 Å². The first-order valence-electron chi connectivity index (χ1n) is 5.96. The van der Waals surface area contributed by atoms with Gasteiger partial charge in [-0.1, -0.05) is 48.4 Å². The summed E-state index contributed by atoms with van der Waals surface area (Å²) in [6.07, 6.45) is 4.31. The molecule has 1 aromatic rings. The molecule has 0 amide bonds. The van der Waals surface area contributed by atoms with Gasteiger partial charge in [-0.25, -0.2) is 0 Å². The Morgan fingerprint density at radius 1 is 1.31 bits per heavy atom. The maximum absolute atomic E-state index is 8.88. The molecule has 0 aliphatic rings. The quantitative estimate of drug-likeness (QED) is 0.745. The van der Waals surface area contributed by atoms with Gasteiger partial charge in [0.1, 0.15) is 0 Å². The lowest BCUT2D eigenvalue weighted by Gasteiger charge is -2.10. The third kappa shape index (κ3) is 4.19. The standard InChI is InChI=1S/C15H22O/c1-12-7-9-15(10-8-12)14(3)6-4-5-13(2)11-16/h5,7-10,14,16H,4,6,11H2,1-3H3/b13-5+. The molecule has 1 atom stereocenters. The Balaban J connectivity index is 2.46. The minimum Gasteiger partial charge on any atom is -0.392 e. The molecule has 1 aromatic carbocycles. The summed E-state index contributed by atoms with van der Waals surface area (Å²) in [6.45, 7) is 6.52. The van der Waals surface area contributed by atoms with Crippen molar-refractivity contribution in [3.63, 3.8) is 0 Å². The van der Waals surface area contributed by atoms with Crippen molar-refractivity contribution in [3.05, 3.63) is 47.0 Å². The van der Waals surface area contributed by atoms with Gasteiger partial charge >= 0.3 is 0 Å². The average molecular weight is 218 g/mol. The molecule has 0 aliphatic heterocycles. The van der Waals surface area contributed by atoms with Gasteiger partial charge in [-0.05, 0) is 38.2 Å². The molecule has 1 unspecified atom stereocenters. The number of aliphatic hydroxyl groups is 1. The Hall–Kier alpha value is -1.08. The summed E-state index contributed by atoms with van der Waals surface area (Å²) in [5, 5.41) is 8.88. The van der Waals surface area contributed by atoms with Crippen LogP contribution in [0.25, 0.3) is 0 Å². The third-order valence-corrected chi connectivity index (χ3v) is 2.99. The van der Waals surface area contributed by atoms with Gasteiger partial charge in [-0.3, -0.25) is 0 Å². The highest BCUT2D eigenvalue weighted by Gasteiger charge is 2.03. The number of aliphatic hydroxyl groups excluding tert-OH is 1. The lowest BCUT2D eigenvalue weighted by Crippen LogP contribution is -1.93. The van der Waals surface area contributed by atoms with Crippen LogP contribution in [0.15, 0.2) is 35.9 Å². The van der Waals surface area contributed by atoms with Gasteiger partial charge in [-0.2, -0.15) is 0 Å². The highest BCUT2D eigenvalue weighted by molar-refractivity contribution is 5.24. The smallest absolute Gasteiger partial charge is 0.0639 e. The van der Waals surface area contributed by atoms with Crippen molar-refractivity contribution in [1.82, 2.24) is 0 Å². The Labute approximate surface area is 98.8 Å². The molecule has 0 aromatic heterocycles. The van der Waals surface area contributed by atoms with E-state index in [0.717, 1.165) is 18.4 Å². The van der Waals surface area contributed by atoms with Gasteiger partial charge in [0.15, 0.2) is 0 Å². The fourth-order valence-corrected chi connectivity index (χ4v) is 1.71. The van der Waals surface area contributed by atoms with Gasteiger partial charge in [0.05, 0.1) is 6.61 Å². The molecule has 1 heteroatoms. The van der Waals surface area contributed by atoms with E-state index >= 15 is 0 Å². The van der Waals surface area contributed by atoms with E-state index in [1.807, 2.05) is 6.92 Å². The van der Waals surface area contributed by atoms with Crippen LogP contribution in [0.1, 0.15) is 43.7 Å². The van der Waals surface area contributed by atoms with E-state index in [0.29, 0.717) is 5.92 Å². The Morgan fingerprint density at radius 3 is 2.50 bits per heavy atom. The lowest BCUT2D eigenvalue weighted by molar-refractivity contribution is 0.331. The van der Waals surface area contributed by atoms with E-state index in [-0.39, 0.29) is 6.61 Å². The monoisotopic (exact) mass is 218 g/mol. The number of allylic oxidation sites excluding steroid dienone is 1. The van der Waals surface area contributed by atoms with Crippen LogP contribution in [0.4, 0.5) is 0 Å². The number of benzene rings is 1. The highest BCUT2D eigenvalue weighted by atomic mass is 16.3. The van der Waals surface area contributed by atoms with E-state index < -0.39 is 0 Å². The normalized spacial score (nSPS) is 13.9. The van der Waals surface area contributed by atoms with E-state index in [1.54, 1.807) is 0 Å². The van der Waals surface area contributed by atoms with Gasteiger partial charge in [0.2, 0.25) is 0 Å². The van der Waals surface area contributed by atoms with Crippen LogP contribution in [-0.4, -0.2) is 11.7 Å². The molecular formula is C15H22O. The summed E-state index contributed by atoms with van der Waals surface area (Å²) in [5.74, 6) is 0.586. The molecule has 0 saturated heterocycles. The SMILES string of the molecule is C/C(=C\CCC(C)c1ccc(C)cc1)CO. The number of rotatable bonds is 5. The molecule has 1 rings (SSSR count). The molecule has 1 nitrogen and oxygen atoms in total. The molecule has 1 N–H and O–H groups in total. The summed E-state index contributed by atoms with van der Waals surface area (Å²) < 4.78 is 0. The van der Waals surface area contributed by atoms with Crippen LogP contribution < -0.4 is 0 Å². The first-order valence-corrected chi connectivity index (χ1v) is 5.96. The fraction of sp³-hybridized carbons (Fsp3) is 0.467. The van der Waals surface area contributed by atoms with E-state index in [1.165, 1.54) is 11.1 Å². The summed E-state index contributed by atoms with van der Waals surface area (Å²) in [7, 11) is 0. The molecule has 88 valence electrons. The predicted octanol–water partition coefficient (Wildman–Crippen LogP) is 3.82. The molecule has 16 heavy (non-hydrogen) atoms. The molecular weight excluding hydrogens is 196 g/mol. The van der Waals surface area contributed by atoms with E-state index in [9.17, 15) is 0 Å². The first kappa shape index (κ1) is 13.0. The van der Waals surface area contributed by atoms with Crippen LogP contribution in [-0.2, 0) is 0 Å². The summed E-state index contributed by atoms with van der Waals surface area (Å²) in [6, 6.07) is 8.76. The maximum atomic E-state index is 8.88. The van der Waals surface area contributed by atoms with Crippen molar-refractivity contribution in [2.45, 2.75) is 39.5 Å². The van der Waals surface area contributed by atoms with Crippen molar-refractivity contribution in [2.24, 2.45) is 0 Å². The number of hydrogen-bond donors (Lipinski definition) is 1. The van der Waals surface area contributed by atoms with Gasteiger partial charge < -0.3 is 5.11 Å². The Bertz CT molecular complexity index is 335. The zero-order valence-electron chi connectivity index (χ0n) is 10.5. The average Bonchev–Trinajstić information content (AvgIpc) is 2.29. The summed E-state index contributed by atoms with van der Waals surface area (Å²) in [4.78, 5) is 0. The molecule has 0 aliphatic carbocycles. The number of hydrogen-bond acceptors (Lipinski definition) is 1. The van der Waals surface area contributed by atoms with Gasteiger partial charge in [-0.15, -0.1) is 0 Å². The minimum absolute atomic E-state index is 0.179. The van der Waals surface area contributed by atoms with Gasteiger partial charge in [0.25, 0.3) is 0 Å². The van der Waals surface area contributed by atoms with Crippen LogP contribution in [0.5, 0.6) is 0 Å². The third-order valence-electron chi connectivity index (χ3n) is 2.99. The lowest BCUT2D eigenvalue weighted by atomic mass is 9.95. The van der Waals surface area contributed by atoms with Crippen LogP contribution in [0.2, 0.25) is 0 Å². The molecule has 0 radical (unpaired) electrons. The van der Waals surface area contributed by atoms with Crippen LogP contribution in [0, 0.1) is 6.92 Å². The second-order valence-corrected chi connectivity index (χ2v) is 4.60. The fourth-order valence-electron chi connectivity index (χ4n) is 1.71. The minimum atomic E-state index is 0.179. The number of aryl methyl sites for hydroxylation is 1. The first-order chi connectivity index (χ1) is 7.63. The van der Waals surface area contributed by atoms with Crippen molar-refractivity contribution >= 4 is 0 Å². The predicted molar refractivity (Wildman–Crippen MR) is 69.7 cm³/mol. The Kier molecular flexibility index (Phi) is 5.27. The maximum Gasteiger partial charge on any atom is 0.0639 e. The topological polar surface area (TPSA) is 20.2 Å². The van der Waals surface area contributed by atoms with Crippen molar-refractivity contribution in [1.29, 1.82) is 0 Å². The van der Waals surface area contributed by atoms with Crippen molar-refractivity contribution < 1.29 is 5.11 Å². The van der Waals surface area contributed by atoms with E-state index in [2.05, 4.69) is 44.2 Å². The zero-order valence-corrected chi connectivity index (χ0v) is 10.5. The van der Waals surface area contributed by atoms with Crippen LogP contribution in [0.3, 0.4) is 0 Å². The zero-order chi connectivity index (χ0) is 12.0. The molecule has 0 spiro atoms. The van der Waals surface area contributed by atoms with E-state index in [4.69, 9.17) is 5.11 Å². The van der Waals surface area contributed by atoms with Gasteiger partial charge in [0, 0.05) is 0 Å². The van der Waals surface area contributed by atoms with Crippen molar-refractivity contribution in [2.75, 3.05) is 6.61 Å². The molecule has 0 fully saturated rings.